The van der Waals surface area contributed by atoms with E-state index in [1.807, 2.05) is 37.3 Å². The maximum atomic E-state index is 12.4. The molecule has 7 nitrogen and oxygen atoms in total. The fraction of sp³-hybridized carbons (Fsp3) is 0.286. The third kappa shape index (κ3) is 4.71. The van der Waals surface area contributed by atoms with E-state index in [9.17, 15) is 14.7 Å². The van der Waals surface area contributed by atoms with E-state index in [2.05, 4.69) is 5.10 Å². The largest absolute Gasteiger partial charge is 0.502 e. The summed E-state index contributed by atoms with van der Waals surface area (Å²) < 4.78 is 12.4. The zero-order valence-electron chi connectivity index (χ0n) is 16.4. The normalized spacial score (nSPS) is 12.0. The quantitative estimate of drug-likeness (QED) is 0.468. The highest BCUT2D eigenvalue weighted by atomic mass is 32.2. The molecule has 0 saturated heterocycles. The Morgan fingerprint density at radius 2 is 2.07 bits per heavy atom. The highest BCUT2D eigenvalue weighted by Crippen LogP contribution is 2.35. The van der Waals surface area contributed by atoms with Crippen LogP contribution in [-0.2, 0) is 22.3 Å². The molecular weight excluding hydrogens is 392 g/mol. The number of thioether (sulfide) groups is 1. The summed E-state index contributed by atoms with van der Waals surface area (Å²) in [6, 6.07) is 11.0. The van der Waals surface area contributed by atoms with Gasteiger partial charge in [-0.15, -0.1) is 11.8 Å². The molecule has 0 radical (unpaired) electrons. The predicted molar refractivity (Wildman–Crippen MR) is 109 cm³/mol. The Bertz CT molecular complexity index is 1060. The molecule has 2 heterocycles. The molecular formula is C21H22N2O5S. The SMILES string of the molecule is COC(=O)C[C@@H](c1cnn(C)c1C)c1oc(CSc2ccccc2)cc(=O)c1O. The van der Waals surface area contributed by atoms with Crippen LogP contribution in [0.1, 0.15) is 35.1 Å². The Labute approximate surface area is 172 Å². The maximum absolute atomic E-state index is 12.4. The predicted octanol–water partition coefficient (Wildman–Crippen LogP) is 3.37. The molecule has 1 atom stereocenters. The van der Waals surface area contributed by atoms with Gasteiger partial charge < -0.3 is 14.3 Å². The molecule has 0 aliphatic rings. The highest BCUT2D eigenvalue weighted by Gasteiger charge is 2.29. The zero-order chi connectivity index (χ0) is 21.0. The molecule has 0 spiro atoms. The summed E-state index contributed by atoms with van der Waals surface area (Å²) in [4.78, 5) is 25.4. The second-order valence-electron chi connectivity index (χ2n) is 6.53. The van der Waals surface area contributed by atoms with Gasteiger partial charge in [0.05, 0.1) is 31.4 Å². The van der Waals surface area contributed by atoms with Crippen LogP contribution in [0.2, 0.25) is 0 Å². The van der Waals surface area contributed by atoms with Crippen molar-refractivity contribution >= 4 is 17.7 Å². The van der Waals surface area contributed by atoms with E-state index in [1.54, 1.807) is 17.9 Å². The summed E-state index contributed by atoms with van der Waals surface area (Å²) in [6.07, 6.45) is 1.52. The summed E-state index contributed by atoms with van der Waals surface area (Å²) in [7, 11) is 3.06. The lowest BCUT2D eigenvalue weighted by Crippen LogP contribution is -2.14. The lowest BCUT2D eigenvalue weighted by atomic mass is 9.92. The summed E-state index contributed by atoms with van der Waals surface area (Å²) in [5.41, 5.74) is 0.931. The number of methoxy groups -OCH3 is 1. The van der Waals surface area contributed by atoms with Crippen molar-refractivity contribution in [3.8, 4) is 5.75 Å². The molecule has 3 aromatic rings. The number of aryl methyl sites for hydroxylation is 1. The number of aromatic hydroxyl groups is 1. The van der Waals surface area contributed by atoms with Gasteiger partial charge >= 0.3 is 5.97 Å². The zero-order valence-corrected chi connectivity index (χ0v) is 17.2. The van der Waals surface area contributed by atoms with Gasteiger partial charge in [-0.05, 0) is 19.1 Å². The molecule has 152 valence electrons. The lowest BCUT2D eigenvalue weighted by Gasteiger charge is -2.17. The van der Waals surface area contributed by atoms with Crippen LogP contribution in [0, 0.1) is 6.92 Å². The molecule has 1 aromatic carbocycles. The molecule has 0 bridgehead atoms. The van der Waals surface area contributed by atoms with Gasteiger partial charge in [0.25, 0.3) is 0 Å². The Morgan fingerprint density at radius 3 is 2.69 bits per heavy atom. The summed E-state index contributed by atoms with van der Waals surface area (Å²) in [6.45, 7) is 1.84. The van der Waals surface area contributed by atoms with Crippen molar-refractivity contribution in [3.05, 3.63) is 75.6 Å². The van der Waals surface area contributed by atoms with E-state index in [0.717, 1.165) is 10.6 Å². The van der Waals surface area contributed by atoms with Gasteiger partial charge in [-0.3, -0.25) is 14.3 Å². The molecule has 8 heteroatoms. The number of carbonyl (C=O) groups excluding carboxylic acids is 1. The number of aromatic nitrogens is 2. The Kier molecular flexibility index (Phi) is 6.43. The first-order valence-electron chi connectivity index (χ1n) is 8.99. The van der Waals surface area contributed by atoms with Crippen molar-refractivity contribution in [1.82, 2.24) is 9.78 Å². The van der Waals surface area contributed by atoms with Gasteiger partial charge in [-0.25, -0.2) is 0 Å². The number of esters is 1. The smallest absolute Gasteiger partial charge is 0.306 e. The van der Waals surface area contributed by atoms with Crippen LogP contribution < -0.4 is 5.43 Å². The van der Waals surface area contributed by atoms with Crippen LogP contribution in [0.25, 0.3) is 0 Å². The topological polar surface area (TPSA) is 94.6 Å². The third-order valence-corrected chi connectivity index (χ3v) is 5.72. The van der Waals surface area contributed by atoms with E-state index >= 15 is 0 Å². The first kappa shape index (κ1) is 20.7. The molecule has 0 aliphatic carbocycles. The van der Waals surface area contributed by atoms with E-state index in [0.29, 0.717) is 17.1 Å². The summed E-state index contributed by atoms with van der Waals surface area (Å²) in [5.74, 6) is -0.815. The number of ether oxygens (including phenoxy) is 1. The first-order chi connectivity index (χ1) is 13.9. The monoisotopic (exact) mass is 414 g/mol. The fourth-order valence-electron chi connectivity index (χ4n) is 2.99. The van der Waals surface area contributed by atoms with Crippen LogP contribution in [0.4, 0.5) is 0 Å². The Hall–Kier alpha value is -3.00. The number of nitrogens with zero attached hydrogens (tertiary/aromatic N) is 2. The number of hydrogen-bond donors (Lipinski definition) is 1. The number of hydrogen-bond acceptors (Lipinski definition) is 7. The van der Waals surface area contributed by atoms with Gasteiger partial charge in [-0.1, -0.05) is 18.2 Å². The van der Waals surface area contributed by atoms with Gasteiger partial charge in [0.15, 0.2) is 5.76 Å². The van der Waals surface area contributed by atoms with Crippen LogP contribution >= 0.6 is 11.8 Å². The Balaban J connectivity index is 2.00. The first-order valence-corrected chi connectivity index (χ1v) is 9.98. The van der Waals surface area contributed by atoms with Gasteiger partial charge in [0, 0.05) is 29.3 Å². The van der Waals surface area contributed by atoms with Crippen molar-refractivity contribution < 1.29 is 19.1 Å². The van der Waals surface area contributed by atoms with Crippen molar-refractivity contribution in [1.29, 1.82) is 0 Å². The number of benzene rings is 1. The molecule has 0 aliphatic heterocycles. The van der Waals surface area contributed by atoms with Gasteiger partial charge in [-0.2, -0.15) is 5.10 Å². The van der Waals surface area contributed by atoms with Crippen LogP contribution in [0.5, 0.6) is 5.75 Å². The average molecular weight is 414 g/mol. The fourth-order valence-corrected chi connectivity index (χ4v) is 3.79. The van der Waals surface area contributed by atoms with Gasteiger partial charge in [0.2, 0.25) is 11.2 Å². The minimum Gasteiger partial charge on any atom is -0.502 e. The average Bonchev–Trinajstić information content (AvgIpc) is 3.06. The maximum Gasteiger partial charge on any atom is 0.306 e. The molecule has 0 unspecified atom stereocenters. The summed E-state index contributed by atoms with van der Waals surface area (Å²) in [5, 5.41) is 14.6. The highest BCUT2D eigenvalue weighted by molar-refractivity contribution is 7.98. The van der Waals surface area contributed by atoms with E-state index in [1.165, 1.54) is 24.9 Å². The molecule has 0 saturated carbocycles. The second-order valence-corrected chi connectivity index (χ2v) is 7.58. The summed E-state index contributed by atoms with van der Waals surface area (Å²) >= 11 is 1.51. The van der Waals surface area contributed by atoms with E-state index < -0.39 is 23.1 Å². The molecule has 3 rings (SSSR count). The van der Waals surface area contributed by atoms with Crippen LogP contribution in [0.3, 0.4) is 0 Å². The third-order valence-electron chi connectivity index (χ3n) is 4.69. The van der Waals surface area contributed by atoms with Crippen molar-refractivity contribution in [2.45, 2.75) is 29.9 Å². The molecule has 2 aromatic heterocycles. The van der Waals surface area contributed by atoms with Gasteiger partial charge in [0.1, 0.15) is 5.76 Å². The standard InChI is InChI=1S/C21H22N2O5S/c1-13-17(11-22-23(13)2)16(10-19(25)27-3)21-20(26)18(24)9-14(28-21)12-29-15-7-5-4-6-8-15/h4-9,11,16,26H,10,12H2,1-3H3/t16-/m0/s1. The van der Waals surface area contributed by atoms with Crippen LogP contribution in [-0.4, -0.2) is 28.0 Å². The number of rotatable bonds is 7. The second kappa shape index (κ2) is 9.00. The minimum absolute atomic E-state index is 0.0441. The molecule has 29 heavy (non-hydrogen) atoms. The van der Waals surface area contributed by atoms with E-state index in [4.69, 9.17) is 9.15 Å². The molecule has 1 N–H and O–H groups in total. The van der Waals surface area contributed by atoms with Crippen LogP contribution in [0.15, 0.2) is 56.7 Å². The van der Waals surface area contributed by atoms with Crippen molar-refractivity contribution in [2.24, 2.45) is 7.05 Å². The molecule has 0 fully saturated rings. The number of carbonyl (C=O) groups is 1. The Morgan fingerprint density at radius 1 is 1.34 bits per heavy atom. The van der Waals surface area contributed by atoms with Crippen molar-refractivity contribution in [2.75, 3.05) is 7.11 Å². The van der Waals surface area contributed by atoms with Crippen molar-refractivity contribution in [3.63, 3.8) is 0 Å². The van der Waals surface area contributed by atoms with E-state index in [-0.39, 0.29) is 12.2 Å². The molecule has 0 amide bonds. The lowest BCUT2D eigenvalue weighted by molar-refractivity contribution is -0.140. The minimum atomic E-state index is -0.689.